The Morgan fingerprint density at radius 3 is 1.46 bits per heavy atom. The van der Waals surface area contributed by atoms with Crippen molar-refractivity contribution >= 4 is 0 Å². The fourth-order valence-electron chi connectivity index (χ4n) is 5.83. The van der Waals surface area contributed by atoms with E-state index in [1.165, 1.54) is 64.2 Å². The number of hydrogen-bond donors (Lipinski definition) is 0. The highest BCUT2D eigenvalue weighted by Gasteiger charge is 2.31. The second-order valence-corrected chi connectivity index (χ2v) is 9.90. The van der Waals surface area contributed by atoms with Crippen molar-refractivity contribution in [2.24, 2.45) is 47.3 Å². The molecule has 0 amide bonds. The second-order valence-electron chi connectivity index (χ2n) is 9.90. The lowest BCUT2D eigenvalue weighted by atomic mass is 9.69. The second kappa shape index (κ2) is 10.7. The predicted molar refractivity (Wildman–Crippen MR) is 112 cm³/mol. The average molecular weight is 365 g/mol. The van der Waals surface area contributed by atoms with E-state index >= 15 is 0 Å². The Balaban J connectivity index is 0.00000169. The molecular formula is C24H44O2. The fourth-order valence-corrected chi connectivity index (χ4v) is 5.83. The molecule has 0 spiro atoms. The molecule has 3 rings (SSSR count). The van der Waals surface area contributed by atoms with Gasteiger partial charge in [0.15, 0.2) is 0 Å². The van der Waals surface area contributed by atoms with Crippen molar-refractivity contribution in [2.45, 2.75) is 91.9 Å². The van der Waals surface area contributed by atoms with E-state index in [1.54, 1.807) is 0 Å². The van der Waals surface area contributed by atoms with Crippen molar-refractivity contribution in [3.63, 3.8) is 0 Å². The van der Waals surface area contributed by atoms with Gasteiger partial charge in [-0.15, -0.1) is 0 Å². The van der Waals surface area contributed by atoms with Gasteiger partial charge in [0, 0.05) is 11.8 Å². The van der Waals surface area contributed by atoms with Gasteiger partial charge < -0.3 is 11.0 Å². The van der Waals surface area contributed by atoms with Crippen molar-refractivity contribution in [2.75, 3.05) is 0 Å². The Hall–Kier alpha value is -0.520. The van der Waals surface area contributed by atoms with Crippen molar-refractivity contribution in [3.8, 4) is 11.8 Å². The highest BCUT2D eigenvalue weighted by molar-refractivity contribution is 5.10. The first kappa shape index (κ1) is 23.5. The van der Waals surface area contributed by atoms with Crippen molar-refractivity contribution < 1.29 is 11.0 Å². The molecule has 0 aromatic carbocycles. The molecule has 3 fully saturated rings. The smallest absolute Gasteiger partial charge is 0.0208 e. The van der Waals surface area contributed by atoms with Gasteiger partial charge in [-0.25, -0.2) is 0 Å². The summed E-state index contributed by atoms with van der Waals surface area (Å²) in [5.74, 6) is 14.5. The highest BCUT2D eigenvalue weighted by atomic mass is 16.0. The van der Waals surface area contributed by atoms with E-state index in [0.717, 1.165) is 35.5 Å². The maximum Gasteiger partial charge on any atom is 0.0208 e. The largest absolute Gasteiger partial charge is 0.412 e. The van der Waals surface area contributed by atoms with E-state index in [-0.39, 0.29) is 11.0 Å². The molecule has 3 saturated carbocycles. The van der Waals surface area contributed by atoms with Gasteiger partial charge in [-0.3, -0.25) is 0 Å². The maximum absolute atomic E-state index is 3.73. The molecule has 152 valence electrons. The van der Waals surface area contributed by atoms with Gasteiger partial charge >= 0.3 is 0 Å². The summed E-state index contributed by atoms with van der Waals surface area (Å²) >= 11 is 0. The Kier molecular flexibility index (Phi) is 9.70. The average Bonchev–Trinajstić information content (AvgIpc) is 2.59. The third-order valence-corrected chi connectivity index (χ3v) is 8.10. The van der Waals surface area contributed by atoms with Gasteiger partial charge in [0.2, 0.25) is 0 Å². The Bertz CT molecular complexity index is 435. The lowest BCUT2D eigenvalue weighted by molar-refractivity contribution is 0.161. The highest BCUT2D eigenvalue weighted by Crippen LogP contribution is 2.41. The Morgan fingerprint density at radius 1 is 0.538 bits per heavy atom. The third-order valence-electron chi connectivity index (χ3n) is 8.10. The van der Waals surface area contributed by atoms with Crippen LogP contribution < -0.4 is 0 Å². The van der Waals surface area contributed by atoms with Crippen LogP contribution in [-0.2, 0) is 0 Å². The molecule has 0 aliphatic heterocycles. The van der Waals surface area contributed by atoms with Crippen molar-refractivity contribution in [3.05, 3.63) is 0 Å². The molecule has 0 bridgehead atoms. The summed E-state index contributed by atoms with van der Waals surface area (Å²) in [5.41, 5.74) is 0. The molecule has 0 aromatic heterocycles. The molecule has 3 aliphatic rings. The summed E-state index contributed by atoms with van der Waals surface area (Å²) in [6.07, 6.45) is 14.4. The maximum atomic E-state index is 3.73. The molecule has 0 heterocycles. The zero-order valence-corrected chi connectivity index (χ0v) is 17.7. The third kappa shape index (κ3) is 6.00. The van der Waals surface area contributed by atoms with E-state index in [9.17, 15) is 0 Å². The number of hydrogen-bond acceptors (Lipinski definition) is 0. The number of rotatable bonds is 1. The summed E-state index contributed by atoms with van der Waals surface area (Å²) in [5, 5.41) is 0. The van der Waals surface area contributed by atoms with E-state index in [1.807, 2.05) is 0 Å². The summed E-state index contributed by atoms with van der Waals surface area (Å²) in [7, 11) is 0. The zero-order valence-electron chi connectivity index (χ0n) is 17.7. The summed E-state index contributed by atoms with van der Waals surface area (Å²) < 4.78 is 0. The van der Waals surface area contributed by atoms with Crippen LogP contribution in [0.3, 0.4) is 0 Å². The lowest BCUT2D eigenvalue weighted by Crippen LogP contribution is -2.27. The fraction of sp³-hybridized carbons (Fsp3) is 0.917. The summed E-state index contributed by atoms with van der Waals surface area (Å²) in [6.45, 7) is 9.75. The zero-order chi connectivity index (χ0) is 17.1. The van der Waals surface area contributed by atoms with Crippen LogP contribution in [0.15, 0.2) is 0 Å². The van der Waals surface area contributed by atoms with Gasteiger partial charge in [-0.2, -0.15) is 0 Å². The first-order valence-electron chi connectivity index (χ1n) is 11.0. The molecule has 2 atom stereocenters. The van der Waals surface area contributed by atoms with Gasteiger partial charge in [-0.1, -0.05) is 52.4 Å². The molecule has 0 saturated heterocycles. The quantitative estimate of drug-likeness (QED) is 0.567. The minimum atomic E-state index is 0. The van der Waals surface area contributed by atoms with E-state index < -0.39 is 0 Å². The normalized spacial score (nSPS) is 43.2. The van der Waals surface area contributed by atoms with Crippen LogP contribution in [-0.4, -0.2) is 11.0 Å². The minimum Gasteiger partial charge on any atom is -0.412 e. The van der Waals surface area contributed by atoms with Crippen LogP contribution in [0, 0.1) is 59.2 Å². The van der Waals surface area contributed by atoms with Gasteiger partial charge in [0.25, 0.3) is 0 Å². The van der Waals surface area contributed by atoms with Crippen LogP contribution in [0.4, 0.5) is 0 Å². The molecular weight excluding hydrogens is 320 g/mol. The SMILES string of the molecule is CC1CCC(C2CCC(C#CC3CC(C)C(C)C(C)C3)CC2)CC1.O.O. The van der Waals surface area contributed by atoms with Crippen molar-refractivity contribution in [1.29, 1.82) is 0 Å². The van der Waals surface area contributed by atoms with E-state index in [0.29, 0.717) is 11.8 Å². The molecule has 2 unspecified atom stereocenters. The van der Waals surface area contributed by atoms with Gasteiger partial charge in [-0.05, 0) is 86.9 Å². The first-order chi connectivity index (χ1) is 11.5. The van der Waals surface area contributed by atoms with Crippen LogP contribution in [0.25, 0.3) is 0 Å². The van der Waals surface area contributed by atoms with Crippen LogP contribution in [0.2, 0.25) is 0 Å². The Labute approximate surface area is 162 Å². The minimum absolute atomic E-state index is 0. The predicted octanol–water partition coefficient (Wildman–Crippen LogP) is 5.29. The van der Waals surface area contributed by atoms with Gasteiger partial charge in [0.1, 0.15) is 0 Å². The molecule has 0 radical (unpaired) electrons. The topological polar surface area (TPSA) is 63.0 Å². The standard InChI is InChI=1S/C24H40.2H2O/c1-17-5-11-23(12-6-17)24-13-9-21(10-14-24)7-8-22-15-18(2)20(4)19(3)16-22;;/h17-24H,5-6,9-16H2,1-4H3;2*1H2. The molecule has 26 heavy (non-hydrogen) atoms. The van der Waals surface area contributed by atoms with Crippen LogP contribution in [0.5, 0.6) is 0 Å². The molecule has 0 aromatic rings. The molecule has 2 nitrogen and oxygen atoms in total. The molecule has 2 heteroatoms. The summed E-state index contributed by atoms with van der Waals surface area (Å²) in [4.78, 5) is 0. The van der Waals surface area contributed by atoms with Crippen molar-refractivity contribution in [1.82, 2.24) is 0 Å². The monoisotopic (exact) mass is 364 g/mol. The Morgan fingerprint density at radius 2 is 0.962 bits per heavy atom. The van der Waals surface area contributed by atoms with E-state index in [4.69, 9.17) is 0 Å². The van der Waals surface area contributed by atoms with E-state index in [2.05, 4.69) is 39.5 Å². The van der Waals surface area contributed by atoms with Crippen LogP contribution in [0.1, 0.15) is 91.9 Å². The van der Waals surface area contributed by atoms with Gasteiger partial charge in [0.05, 0.1) is 0 Å². The molecule has 4 N–H and O–H groups in total. The van der Waals surface area contributed by atoms with Crippen LogP contribution >= 0.6 is 0 Å². The summed E-state index contributed by atoms with van der Waals surface area (Å²) in [6, 6.07) is 0. The molecule has 3 aliphatic carbocycles. The first-order valence-corrected chi connectivity index (χ1v) is 11.0. The lowest BCUT2D eigenvalue weighted by Gasteiger charge is -2.36.